The molecule has 0 aliphatic rings. The third-order valence-corrected chi connectivity index (χ3v) is 6.97. The van der Waals surface area contributed by atoms with Crippen molar-refractivity contribution in [3.8, 4) is 17.0 Å². The summed E-state index contributed by atoms with van der Waals surface area (Å²) in [5.74, 6) is -0.281. The molecular weight excluding hydrogens is 469 g/mol. The maximum atomic E-state index is 13.4. The van der Waals surface area contributed by atoms with Crippen molar-refractivity contribution in [2.24, 2.45) is 0 Å². The van der Waals surface area contributed by atoms with Gasteiger partial charge in [0.15, 0.2) is 0 Å². The predicted molar refractivity (Wildman–Crippen MR) is 137 cm³/mol. The summed E-state index contributed by atoms with van der Waals surface area (Å²) in [7, 11) is -2.03. The highest BCUT2D eigenvalue weighted by Gasteiger charge is 2.16. The maximum absolute atomic E-state index is 13.4. The quantitative estimate of drug-likeness (QED) is 0.293. The minimum absolute atomic E-state index is 0.0671. The number of halogens is 1. The van der Waals surface area contributed by atoms with Gasteiger partial charge in [0, 0.05) is 34.8 Å². The number of carbonyl (C=O) groups is 1. The van der Waals surface area contributed by atoms with Crippen LogP contribution in [0.3, 0.4) is 0 Å². The molecule has 9 heteroatoms. The van der Waals surface area contributed by atoms with Gasteiger partial charge in [0.05, 0.1) is 18.6 Å². The van der Waals surface area contributed by atoms with E-state index in [0.717, 1.165) is 27.7 Å². The topological polar surface area (TPSA) is 100 Å². The van der Waals surface area contributed by atoms with Gasteiger partial charge in [-0.3, -0.25) is 9.52 Å². The number of methoxy groups -OCH3 is 1. The smallest absolute Gasteiger partial charge is 0.232 e. The fourth-order valence-corrected chi connectivity index (χ4v) is 4.53. The van der Waals surface area contributed by atoms with Crippen molar-refractivity contribution in [3.63, 3.8) is 0 Å². The summed E-state index contributed by atoms with van der Waals surface area (Å²) in [6, 6.07) is 18.8. The summed E-state index contributed by atoms with van der Waals surface area (Å²) in [5, 5.41) is 3.85. The highest BCUT2D eigenvalue weighted by Crippen LogP contribution is 2.32. The molecule has 7 nitrogen and oxygen atoms in total. The van der Waals surface area contributed by atoms with Crippen LogP contribution in [0.4, 0.5) is 15.8 Å². The van der Waals surface area contributed by atoms with Crippen molar-refractivity contribution in [2.45, 2.75) is 19.8 Å². The van der Waals surface area contributed by atoms with Crippen molar-refractivity contribution >= 4 is 38.2 Å². The Morgan fingerprint density at radius 3 is 2.51 bits per heavy atom. The number of hydrogen-bond acceptors (Lipinski definition) is 4. The van der Waals surface area contributed by atoms with Crippen LogP contribution < -0.4 is 14.8 Å². The summed E-state index contributed by atoms with van der Waals surface area (Å²) in [6.07, 6.45) is 0.677. The Balaban J connectivity index is 1.52. The molecule has 0 aliphatic carbocycles. The molecule has 35 heavy (non-hydrogen) atoms. The minimum Gasteiger partial charge on any atom is -0.494 e. The molecule has 0 fully saturated rings. The Morgan fingerprint density at radius 1 is 1.06 bits per heavy atom. The van der Waals surface area contributed by atoms with Gasteiger partial charge in [-0.25, -0.2) is 12.8 Å². The Kier molecular flexibility index (Phi) is 7.07. The van der Waals surface area contributed by atoms with E-state index >= 15 is 0 Å². The Bertz CT molecular complexity index is 1460. The second-order valence-corrected chi connectivity index (χ2v) is 10.0. The largest absolute Gasteiger partial charge is 0.494 e. The third-order valence-electron chi connectivity index (χ3n) is 5.68. The molecule has 4 aromatic rings. The van der Waals surface area contributed by atoms with Crippen LogP contribution in [-0.4, -0.2) is 32.2 Å². The summed E-state index contributed by atoms with van der Waals surface area (Å²) < 4.78 is 45.0. The van der Waals surface area contributed by atoms with Crippen LogP contribution in [0.15, 0.2) is 66.7 Å². The average Bonchev–Trinajstić information content (AvgIpc) is 3.22. The predicted octanol–water partition coefficient (Wildman–Crippen LogP) is 5.32. The Hall–Kier alpha value is -3.85. The average molecular weight is 496 g/mol. The summed E-state index contributed by atoms with van der Waals surface area (Å²) in [5.41, 5.74) is 4.40. The highest BCUT2D eigenvalue weighted by atomic mass is 32.2. The lowest BCUT2D eigenvalue weighted by Gasteiger charge is -2.13. The van der Waals surface area contributed by atoms with Crippen molar-refractivity contribution in [2.75, 3.05) is 22.9 Å². The number of anilines is 2. The van der Waals surface area contributed by atoms with E-state index in [2.05, 4.69) is 15.0 Å². The number of para-hydroxylation sites is 1. The fourth-order valence-electron chi connectivity index (χ4n) is 3.88. The monoisotopic (exact) mass is 495 g/mol. The number of aryl methyl sites for hydroxylation is 1. The second-order valence-electron chi connectivity index (χ2n) is 8.00. The zero-order valence-corrected chi connectivity index (χ0v) is 20.2. The van der Waals surface area contributed by atoms with Gasteiger partial charge in [-0.05, 0) is 66.9 Å². The first kappa shape index (κ1) is 24.3. The zero-order chi connectivity index (χ0) is 25.0. The van der Waals surface area contributed by atoms with Crippen LogP contribution >= 0.6 is 0 Å². The van der Waals surface area contributed by atoms with E-state index in [1.807, 2.05) is 24.3 Å². The number of amides is 1. The minimum atomic E-state index is -3.46. The number of hydrogen-bond donors (Lipinski definition) is 3. The Labute approximate surface area is 203 Å². The molecule has 3 aromatic carbocycles. The first-order valence-corrected chi connectivity index (χ1v) is 12.8. The molecule has 1 heterocycles. The fraction of sp³-hybridized carbons (Fsp3) is 0.192. The summed E-state index contributed by atoms with van der Waals surface area (Å²) >= 11 is 0. The lowest BCUT2D eigenvalue weighted by Crippen LogP contribution is -2.16. The summed E-state index contributed by atoms with van der Waals surface area (Å²) in [6.45, 7) is 1.54. The van der Waals surface area contributed by atoms with E-state index < -0.39 is 10.0 Å². The van der Waals surface area contributed by atoms with Crippen LogP contribution in [0.25, 0.3) is 22.2 Å². The van der Waals surface area contributed by atoms with Gasteiger partial charge in [-0.2, -0.15) is 0 Å². The van der Waals surface area contributed by atoms with Crippen LogP contribution in [0.2, 0.25) is 0 Å². The van der Waals surface area contributed by atoms with E-state index in [4.69, 9.17) is 4.74 Å². The number of nitrogens with one attached hydrogen (secondary N) is 3. The molecule has 182 valence electrons. The molecule has 1 amide bonds. The molecule has 0 spiro atoms. The molecule has 1 aromatic heterocycles. The standard InChI is InChI=1S/C26H26FN3O4S/c1-3-35(32,33)30-23-14-12-19(16-24(23)34-2)28-25(31)15-13-21-20-6-4-5-7-22(20)29-26(21)17-8-10-18(27)11-9-17/h4-12,14,16,29-30H,3,13,15H2,1-2H3,(H,28,31). The number of benzene rings is 3. The molecule has 3 N–H and O–H groups in total. The zero-order valence-electron chi connectivity index (χ0n) is 19.4. The molecule has 0 aliphatic heterocycles. The molecule has 0 radical (unpaired) electrons. The van der Waals surface area contributed by atoms with Gasteiger partial charge >= 0.3 is 0 Å². The van der Waals surface area contributed by atoms with E-state index in [-0.39, 0.29) is 23.9 Å². The van der Waals surface area contributed by atoms with E-state index in [9.17, 15) is 17.6 Å². The molecule has 4 rings (SSSR count). The van der Waals surface area contributed by atoms with Gasteiger partial charge in [-0.15, -0.1) is 0 Å². The number of carbonyl (C=O) groups excluding carboxylic acids is 1. The summed E-state index contributed by atoms with van der Waals surface area (Å²) in [4.78, 5) is 16.2. The Morgan fingerprint density at radius 2 is 1.80 bits per heavy atom. The van der Waals surface area contributed by atoms with Crippen LogP contribution in [-0.2, 0) is 21.2 Å². The van der Waals surface area contributed by atoms with Crippen molar-refractivity contribution < 1.29 is 22.3 Å². The van der Waals surface area contributed by atoms with Crippen LogP contribution in [0.1, 0.15) is 18.9 Å². The normalized spacial score (nSPS) is 11.4. The van der Waals surface area contributed by atoms with Crippen molar-refractivity contribution in [1.82, 2.24) is 4.98 Å². The van der Waals surface area contributed by atoms with E-state index in [1.54, 1.807) is 37.3 Å². The number of rotatable bonds is 9. The van der Waals surface area contributed by atoms with Gasteiger partial charge in [-0.1, -0.05) is 18.2 Å². The molecule has 0 saturated heterocycles. The maximum Gasteiger partial charge on any atom is 0.232 e. The SMILES string of the molecule is CCS(=O)(=O)Nc1ccc(NC(=O)CCc2c(-c3ccc(F)cc3)[nH]c3ccccc23)cc1OC. The lowest BCUT2D eigenvalue weighted by molar-refractivity contribution is -0.116. The van der Waals surface area contributed by atoms with Gasteiger partial charge in [0.2, 0.25) is 15.9 Å². The van der Waals surface area contributed by atoms with E-state index in [1.165, 1.54) is 19.2 Å². The number of sulfonamides is 1. The molecule has 0 bridgehead atoms. The van der Waals surface area contributed by atoms with E-state index in [0.29, 0.717) is 23.5 Å². The number of aromatic nitrogens is 1. The number of fused-ring (bicyclic) bond motifs is 1. The van der Waals surface area contributed by atoms with Gasteiger partial charge < -0.3 is 15.0 Å². The second kappa shape index (κ2) is 10.2. The van der Waals surface area contributed by atoms with Crippen LogP contribution in [0, 0.1) is 5.82 Å². The molecular formula is C26H26FN3O4S. The third kappa shape index (κ3) is 5.63. The first-order chi connectivity index (χ1) is 16.8. The molecule has 0 saturated carbocycles. The lowest BCUT2D eigenvalue weighted by atomic mass is 10.0. The van der Waals surface area contributed by atoms with Crippen molar-refractivity contribution in [3.05, 3.63) is 78.1 Å². The number of ether oxygens (including phenoxy) is 1. The highest BCUT2D eigenvalue weighted by molar-refractivity contribution is 7.92. The van der Waals surface area contributed by atoms with Crippen LogP contribution in [0.5, 0.6) is 5.75 Å². The number of H-pyrrole nitrogens is 1. The molecule has 0 unspecified atom stereocenters. The van der Waals surface area contributed by atoms with Crippen molar-refractivity contribution in [1.29, 1.82) is 0 Å². The first-order valence-electron chi connectivity index (χ1n) is 11.1. The van der Waals surface area contributed by atoms with Gasteiger partial charge in [0.25, 0.3) is 0 Å². The number of aromatic amines is 1. The molecule has 0 atom stereocenters. The van der Waals surface area contributed by atoms with Gasteiger partial charge in [0.1, 0.15) is 11.6 Å².